The predicted octanol–water partition coefficient (Wildman–Crippen LogP) is 3.53. The molecular weight excluding hydrogens is 248 g/mol. The molecule has 2 heterocycles. The Bertz CT molecular complexity index is 644. The Labute approximate surface area is 117 Å². The van der Waals surface area contributed by atoms with Crippen LogP contribution in [0.2, 0.25) is 0 Å². The summed E-state index contributed by atoms with van der Waals surface area (Å²) in [4.78, 5) is 10.8. The van der Waals surface area contributed by atoms with Gasteiger partial charge in [0.25, 0.3) is 0 Å². The third-order valence-electron chi connectivity index (χ3n) is 2.89. The molecule has 0 unspecified atom stereocenters. The van der Waals surface area contributed by atoms with Gasteiger partial charge in [-0.05, 0) is 42.5 Å². The number of rotatable bonds is 3. The first kappa shape index (κ1) is 12.2. The molecule has 0 radical (unpaired) electrons. The highest BCUT2D eigenvalue weighted by atomic mass is 15.2. The normalized spacial score (nSPS) is 10.2. The van der Waals surface area contributed by atoms with Gasteiger partial charge >= 0.3 is 0 Å². The lowest BCUT2D eigenvalue weighted by Crippen LogP contribution is -2.12. The van der Waals surface area contributed by atoms with Crippen LogP contribution in [0.3, 0.4) is 0 Å². The largest absolute Gasteiger partial charge is 0.399 e. The van der Waals surface area contributed by atoms with E-state index in [-0.39, 0.29) is 0 Å². The van der Waals surface area contributed by atoms with Gasteiger partial charge in [0.05, 0.1) is 5.69 Å². The van der Waals surface area contributed by atoms with Gasteiger partial charge in [-0.3, -0.25) is 4.90 Å². The Kier molecular flexibility index (Phi) is 3.29. The van der Waals surface area contributed by atoms with Crippen molar-refractivity contribution in [3.05, 3.63) is 73.1 Å². The van der Waals surface area contributed by atoms with Crippen LogP contribution in [0.5, 0.6) is 0 Å². The van der Waals surface area contributed by atoms with Crippen molar-refractivity contribution >= 4 is 23.0 Å². The molecule has 3 rings (SSSR count). The molecule has 0 saturated heterocycles. The Hall–Kier alpha value is -2.88. The van der Waals surface area contributed by atoms with Crippen molar-refractivity contribution < 1.29 is 0 Å². The molecule has 0 fully saturated rings. The van der Waals surface area contributed by atoms with Crippen molar-refractivity contribution in [2.24, 2.45) is 0 Å². The Morgan fingerprint density at radius 1 is 0.750 bits per heavy atom. The van der Waals surface area contributed by atoms with Crippen molar-refractivity contribution in [1.82, 2.24) is 9.97 Å². The first-order valence-corrected chi connectivity index (χ1v) is 6.32. The maximum absolute atomic E-state index is 5.89. The minimum atomic E-state index is 0.708. The summed E-state index contributed by atoms with van der Waals surface area (Å²) in [6.07, 6.45) is 3.52. The molecule has 3 aromatic rings. The Morgan fingerprint density at radius 2 is 1.40 bits per heavy atom. The molecule has 1 aromatic carbocycles. The van der Waals surface area contributed by atoms with Gasteiger partial charge in [0.2, 0.25) is 0 Å². The van der Waals surface area contributed by atoms with E-state index < -0.39 is 0 Å². The Morgan fingerprint density at radius 3 is 1.90 bits per heavy atom. The summed E-state index contributed by atoms with van der Waals surface area (Å²) in [7, 11) is 0. The molecule has 2 N–H and O–H groups in total. The minimum Gasteiger partial charge on any atom is -0.399 e. The second-order valence-electron chi connectivity index (χ2n) is 4.31. The number of nitrogens with two attached hydrogens (primary N) is 1. The van der Waals surface area contributed by atoms with Crippen LogP contribution in [0.15, 0.2) is 73.1 Å². The van der Waals surface area contributed by atoms with E-state index in [1.807, 2.05) is 65.6 Å². The van der Waals surface area contributed by atoms with Gasteiger partial charge in [-0.15, -0.1) is 0 Å². The summed E-state index contributed by atoms with van der Waals surface area (Å²) in [5.41, 5.74) is 7.53. The van der Waals surface area contributed by atoms with E-state index in [1.165, 1.54) is 0 Å². The van der Waals surface area contributed by atoms with Gasteiger partial charge in [-0.25, -0.2) is 9.97 Å². The zero-order valence-electron chi connectivity index (χ0n) is 10.8. The van der Waals surface area contributed by atoms with Crippen molar-refractivity contribution in [1.29, 1.82) is 0 Å². The lowest BCUT2D eigenvalue weighted by molar-refractivity contribution is 1.13. The fraction of sp³-hybridized carbons (Fsp3) is 0. The number of aromatic nitrogens is 2. The number of nitrogens with zero attached hydrogens (tertiary/aromatic N) is 3. The van der Waals surface area contributed by atoms with Crippen molar-refractivity contribution in [3.63, 3.8) is 0 Å². The maximum Gasteiger partial charge on any atom is 0.138 e. The van der Waals surface area contributed by atoms with Gasteiger partial charge in [0.1, 0.15) is 11.6 Å². The molecule has 0 saturated carbocycles. The van der Waals surface area contributed by atoms with Gasteiger partial charge in [0, 0.05) is 18.1 Å². The number of pyridine rings is 2. The van der Waals surface area contributed by atoms with E-state index in [0.29, 0.717) is 5.69 Å². The molecule has 0 spiro atoms. The first-order chi connectivity index (χ1) is 9.84. The summed E-state index contributed by atoms with van der Waals surface area (Å²) < 4.78 is 0. The van der Waals surface area contributed by atoms with Gasteiger partial charge in [-0.2, -0.15) is 0 Å². The molecule has 0 atom stereocenters. The molecular formula is C16H14N4. The fourth-order valence-corrected chi connectivity index (χ4v) is 2.02. The van der Waals surface area contributed by atoms with E-state index in [1.54, 1.807) is 12.4 Å². The standard InChI is InChI=1S/C16H14N4/c17-13-6-5-7-14(12-13)20(15-8-1-3-10-18-15)16-9-2-4-11-19-16/h1-12H,17H2. The zero-order valence-corrected chi connectivity index (χ0v) is 10.8. The summed E-state index contributed by atoms with van der Waals surface area (Å²) >= 11 is 0. The van der Waals surface area contributed by atoms with Crippen molar-refractivity contribution in [2.45, 2.75) is 0 Å². The van der Waals surface area contributed by atoms with Gasteiger partial charge < -0.3 is 5.73 Å². The second kappa shape index (κ2) is 5.40. The highest BCUT2D eigenvalue weighted by molar-refractivity contribution is 5.73. The quantitative estimate of drug-likeness (QED) is 0.734. The summed E-state index contributed by atoms with van der Waals surface area (Å²) in [6, 6.07) is 19.2. The summed E-state index contributed by atoms with van der Waals surface area (Å²) in [5.74, 6) is 1.61. The molecule has 0 aliphatic carbocycles. The predicted molar refractivity (Wildman–Crippen MR) is 81.1 cm³/mol. The first-order valence-electron chi connectivity index (χ1n) is 6.32. The third-order valence-corrected chi connectivity index (χ3v) is 2.89. The van der Waals surface area contributed by atoms with Crippen LogP contribution in [0, 0.1) is 0 Å². The smallest absolute Gasteiger partial charge is 0.138 e. The van der Waals surface area contributed by atoms with E-state index in [2.05, 4.69) is 9.97 Å². The fourth-order valence-electron chi connectivity index (χ4n) is 2.02. The van der Waals surface area contributed by atoms with Crippen LogP contribution >= 0.6 is 0 Å². The highest BCUT2D eigenvalue weighted by Gasteiger charge is 2.13. The maximum atomic E-state index is 5.89. The summed E-state index contributed by atoms with van der Waals surface area (Å²) in [6.45, 7) is 0. The molecule has 4 heteroatoms. The molecule has 0 aliphatic rings. The average Bonchev–Trinajstić information content (AvgIpc) is 2.50. The molecule has 98 valence electrons. The zero-order chi connectivity index (χ0) is 13.8. The van der Waals surface area contributed by atoms with E-state index >= 15 is 0 Å². The van der Waals surface area contributed by atoms with E-state index in [4.69, 9.17) is 5.73 Å². The van der Waals surface area contributed by atoms with E-state index in [0.717, 1.165) is 17.3 Å². The number of hydrogen-bond acceptors (Lipinski definition) is 4. The van der Waals surface area contributed by atoms with Crippen molar-refractivity contribution in [2.75, 3.05) is 10.6 Å². The average molecular weight is 262 g/mol. The SMILES string of the molecule is Nc1cccc(N(c2ccccn2)c2ccccn2)c1. The monoisotopic (exact) mass is 262 g/mol. The number of nitrogen functional groups attached to an aromatic ring is 1. The van der Waals surface area contributed by atoms with Crippen LogP contribution in [0.4, 0.5) is 23.0 Å². The molecule has 0 amide bonds. The molecule has 4 nitrogen and oxygen atoms in total. The van der Waals surface area contributed by atoms with Crippen LogP contribution < -0.4 is 10.6 Å². The molecule has 0 aliphatic heterocycles. The van der Waals surface area contributed by atoms with Gasteiger partial charge in [-0.1, -0.05) is 18.2 Å². The third kappa shape index (κ3) is 2.44. The van der Waals surface area contributed by atoms with Gasteiger partial charge in [0.15, 0.2) is 0 Å². The van der Waals surface area contributed by atoms with E-state index in [9.17, 15) is 0 Å². The molecule has 2 aromatic heterocycles. The highest BCUT2D eigenvalue weighted by Crippen LogP contribution is 2.31. The Balaban J connectivity index is 2.14. The summed E-state index contributed by atoms with van der Waals surface area (Å²) in [5, 5.41) is 0. The van der Waals surface area contributed by atoms with Crippen molar-refractivity contribution in [3.8, 4) is 0 Å². The van der Waals surface area contributed by atoms with Crippen LogP contribution in [0.1, 0.15) is 0 Å². The minimum absolute atomic E-state index is 0.708. The second-order valence-corrected chi connectivity index (χ2v) is 4.31. The lowest BCUT2D eigenvalue weighted by Gasteiger charge is -2.22. The topological polar surface area (TPSA) is 55.0 Å². The molecule has 20 heavy (non-hydrogen) atoms. The molecule has 0 bridgehead atoms. The number of hydrogen-bond donors (Lipinski definition) is 1. The number of benzene rings is 1. The van der Waals surface area contributed by atoms with Crippen LogP contribution in [0.25, 0.3) is 0 Å². The lowest BCUT2D eigenvalue weighted by atomic mass is 10.2. The van der Waals surface area contributed by atoms with Crippen LogP contribution in [-0.4, -0.2) is 9.97 Å². The van der Waals surface area contributed by atoms with Crippen LogP contribution in [-0.2, 0) is 0 Å². The number of anilines is 4.